The molecule has 0 spiro atoms. The summed E-state index contributed by atoms with van der Waals surface area (Å²) in [5.41, 5.74) is -27.1. The van der Waals surface area contributed by atoms with Gasteiger partial charge in [0, 0.05) is 17.2 Å². The van der Waals surface area contributed by atoms with Gasteiger partial charge in [-0.3, -0.25) is 4.79 Å². The number of carbonyl (C=O) groups excluding carboxylic acids is 1. The van der Waals surface area contributed by atoms with E-state index < -0.39 is 195 Å². The van der Waals surface area contributed by atoms with Crippen LogP contribution in [0, 0.1) is 0 Å². The van der Waals surface area contributed by atoms with Gasteiger partial charge in [-0.2, -0.15) is 132 Å². The van der Waals surface area contributed by atoms with Crippen LogP contribution in [0.1, 0.15) is 65.4 Å². The van der Waals surface area contributed by atoms with Crippen LogP contribution in [-0.2, 0) is 56.0 Å². The third-order valence-corrected chi connectivity index (χ3v) is 15.6. The predicted octanol–water partition coefficient (Wildman–Crippen LogP) is 18.0. The molecule has 9 aromatic carbocycles. The Kier molecular flexibility index (Phi) is 16.6. The van der Waals surface area contributed by atoms with E-state index >= 15 is 0 Å². The summed E-state index contributed by atoms with van der Waals surface area (Å²) in [4.78, 5) is 14.2. The lowest BCUT2D eigenvalue weighted by molar-refractivity contribution is -0.659. The zero-order valence-corrected chi connectivity index (χ0v) is 44.8. The van der Waals surface area contributed by atoms with Crippen molar-refractivity contribution in [2.45, 2.75) is 56.0 Å². The molecule has 0 amide bonds. The van der Waals surface area contributed by atoms with E-state index in [4.69, 9.17) is 0 Å². The number of benzene rings is 9. The van der Waals surface area contributed by atoms with Crippen LogP contribution in [0.3, 0.4) is 0 Å². The van der Waals surface area contributed by atoms with E-state index in [0.29, 0.717) is 6.54 Å². The second-order valence-corrected chi connectivity index (χ2v) is 21.2. The third-order valence-electron chi connectivity index (χ3n) is 14.4. The second kappa shape index (κ2) is 22.8. The summed E-state index contributed by atoms with van der Waals surface area (Å²) in [6.07, 6.45) is -54.8. The summed E-state index contributed by atoms with van der Waals surface area (Å²) in [5.74, 6) is 0.0788. The maximum atomic E-state index is 14.2. The summed E-state index contributed by atoms with van der Waals surface area (Å²) < 4.78 is 344. The predicted molar refractivity (Wildman–Crippen MR) is 283 cm³/mol. The summed E-state index contributed by atoms with van der Waals surface area (Å²) >= 11 is 1.58. The number of para-hydroxylation sites is 1. The van der Waals surface area contributed by atoms with E-state index in [0.717, 1.165) is 42.3 Å². The van der Waals surface area contributed by atoms with Crippen molar-refractivity contribution in [1.82, 2.24) is 0 Å². The van der Waals surface area contributed by atoms with Crippen molar-refractivity contribution in [2.75, 3.05) is 0 Å². The van der Waals surface area contributed by atoms with Gasteiger partial charge in [0.1, 0.15) is 10.8 Å². The smallest absolute Gasteiger partial charge is 0.281 e. The van der Waals surface area contributed by atoms with Gasteiger partial charge in [0.25, 0.3) is 5.78 Å². The Balaban J connectivity index is 0.000000245. The lowest BCUT2D eigenvalue weighted by atomic mass is 9.12. The zero-order chi connectivity index (χ0) is 65.4. The molecular formula is C61H32BF24NOS. The van der Waals surface area contributed by atoms with Crippen molar-refractivity contribution in [3.8, 4) is 0 Å². The minimum atomic E-state index is -6.13. The number of hydrogen-bond acceptors (Lipinski definition) is 2. The van der Waals surface area contributed by atoms with Crippen LogP contribution in [0.25, 0.3) is 31.8 Å². The minimum absolute atomic E-state index is 0.0788. The molecule has 0 aliphatic carbocycles. The van der Waals surface area contributed by atoms with Crippen LogP contribution >= 0.6 is 11.3 Å². The summed E-state index contributed by atoms with van der Waals surface area (Å²) in [6.45, 7) is 0.661. The molecule has 0 saturated heterocycles. The number of thiazole rings is 1. The molecule has 2 nitrogen and oxygen atoms in total. The Morgan fingerprint density at radius 1 is 0.337 bits per heavy atom. The SMILES string of the molecule is FC(F)(F)c1cc([B-](c2cc(C(F)(F)F)cc(C(F)(F)F)c2)(c2cc(C(F)(F)F)cc(C(F)(F)F)c2)c2cc(C(F)(F)F)cc(C(F)(F)F)c2)cc(C(F)(F)F)c1.O=C(c1c2ccccc2cc2ccccc12)c1sc2ccccc2[n+]1Cc1ccccc1. The standard InChI is InChI=1S/C32H12BF24.C29H20NOS/c34-25(35,36)13-1-14(26(37,38)39)6-21(5-13)33(22-7-15(27(40,41)42)2-16(8-22)28(43,44)45,23-9-17(29(46,47)48)3-18(10-23)30(49,50)51)24-11-19(31(52,53)54)4-20(12-24)32(55,56)57;31-28(27-23-14-6-4-12-21(23)18-22-13-5-7-15-24(22)27)29-30(19-20-10-2-1-3-11-20)25-16-8-9-17-26(25)32-29/h1-12H;1-18H,19H2/q-1;+1. The first-order chi connectivity index (χ1) is 41.1. The maximum absolute atomic E-state index is 14.2. The van der Waals surface area contributed by atoms with Crippen molar-refractivity contribution < 1.29 is 115 Å². The molecule has 0 aliphatic rings. The molecule has 0 N–H and O–H groups in total. The fraction of sp³-hybridized carbons (Fsp3) is 0.148. The second-order valence-electron chi connectivity index (χ2n) is 20.2. The Labute approximate surface area is 488 Å². The van der Waals surface area contributed by atoms with Gasteiger partial charge in [-0.05, 0) is 57.9 Å². The molecule has 0 radical (unpaired) electrons. The Hall–Kier alpha value is -8.56. The fourth-order valence-corrected chi connectivity index (χ4v) is 11.7. The fourth-order valence-electron chi connectivity index (χ4n) is 10.6. The highest BCUT2D eigenvalue weighted by Gasteiger charge is 2.47. The molecule has 10 rings (SSSR count). The van der Waals surface area contributed by atoms with Crippen LogP contribution in [-0.4, -0.2) is 11.9 Å². The first-order valence-corrected chi connectivity index (χ1v) is 26.1. The van der Waals surface area contributed by atoms with Gasteiger partial charge in [0.15, 0.2) is 6.54 Å². The van der Waals surface area contributed by atoms with Crippen molar-refractivity contribution >= 4 is 76.9 Å². The Morgan fingerprint density at radius 2 is 0.618 bits per heavy atom. The Morgan fingerprint density at radius 3 is 0.933 bits per heavy atom. The molecule has 1 aromatic heterocycles. The first kappa shape index (κ1) is 64.9. The molecule has 464 valence electrons. The number of nitrogens with zero attached hydrogens (tertiary/aromatic N) is 1. The molecule has 0 atom stereocenters. The van der Waals surface area contributed by atoms with Gasteiger partial charge in [0.2, 0.25) is 5.52 Å². The average molecular weight is 1290 g/mol. The van der Waals surface area contributed by atoms with Gasteiger partial charge < -0.3 is 0 Å². The van der Waals surface area contributed by atoms with Crippen molar-refractivity contribution in [3.05, 3.63) is 243 Å². The van der Waals surface area contributed by atoms with Crippen molar-refractivity contribution in [3.63, 3.8) is 0 Å². The molecular weight excluding hydrogens is 1260 g/mol. The molecule has 89 heavy (non-hydrogen) atoms. The molecule has 0 aliphatic heterocycles. The lowest BCUT2D eigenvalue weighted by Crippen LogP contribution is -2.75. The summed E-state index contributed by atoms with van der Waals surface area (Å²) in [6, 6.07) is 28.3. The van der Waals surface area contributed by atoms with Crippen LogP contribution in [0.4, 0.5) is 105 Å². The molecule has 0 saturated carbocycles. The highest BCUT2D eigenvalue weighted by molar-refractivity contribution is 7.20. The van der Waals surface area contributed by atoms with Gasteiger partial charge in [-0.1, -0.05) is 151 Å². The lowest BCUT2D eigenvalue weighted by Gasteiger charge is -2.46. The van der Waals surface area contributed by atoms with Gasteiger partial charge in [0.05, 0.1) is 44.5 Å². The first-order valence-electron chi connectivity index (χ1n) is 25.3. The molecule has 28 heteroatoms. The van der Waals surface area contributed by atoms with Gasteiger partial charge >= 0.3 is 54.4 Å². The van der Waals surface area contributed by atoms with E-state index in [2.05, 4.69) is 59.2 Å². The topological polar surface area (TPSA) is 20.9 Å². The number of carbonyl (C=O) groups is 1. The van der Waals surface area contributed by atoms with Crippen molar-refractivity contribution in [2.24, 2.45) is 0 Å². The number of halogens is 24. The maximum Gasteiger partial charge on any atom is 0.416 e. The van der Waals surface area contributed by atoms with Crippen LogP contribution < -0.4 is 26.4 Å². The van der Waals surface area contributed by atoms with E-state index in [-0.39, 0.29) is 5.78 Å². The quantitative estimate of drug-likeness (QED) is 0.0488. The number of rotatable bonds is 8. The highest BCUT2D eigenvalue weighted by Crippen LogP contribution is 2.42. The number of ketones is 1. The van der Waals surface area contributed by atoms with Gasteiger partial charge in [-0.25, -0.2) is 0 Å². The summed E-state index contributed by atoms with van der Waals surface area (Å²) in [7, 11) is 0. The van der Waals surface area contributed by atoms with Gasteiger partial charge in [-0.15, -0.1) is 0 Å². The summed E-state index contributed by atoms with van der Waals surface area (Å²) in [5, 5.41) is 4.94. The van der Waals surface area contributed by atoms with E-state index in [1.165, 1.54) is 5.56 Å². The molecule has 1 heterocycles. The largest absolute Gasteiger partial charge is 0.416 e. The van der Waals surface area contributed by atoms with Crippen molar-refractivity contribution in [1.29, 1.82) is 0 Å². The highest BCUT2D eigenvalue weighted by atomic mass is 32.1. The van der Waals surface area contributed by atoms with Crippen LogP contribution in [0.5, 0.6) is 0 Å². The molecule has 0 fully saturated rings. The number of aromatic nitrogens is 1. The normalized spacial score (nSPS) is 13.3. The zero-order valence-electron chi connectivity index (χ0n) is 43.9. The average Bonchev–Trinajstić information content (AvgIpc) is 1.11. The van der Waals surface area contributed by atoms with E-state index in [1.807, 2.05) is 54.6 Å². The number of hydrogen-bond donors (Lipinski definition) is 0. The van der Waals surface area contributed by atoms with E-state index in [9.17, 15) is 110 Å². The molecule has 0 unspecified atom stereocenters. The number of fused-ring (bicyclic) bond motifs is 3. The van der Waals surface area contributed by atoms with Crippen LogP contribution in [0.2, 0.25) is 0 Å². The molecule has 10 aromatic rings. The number of alkyl halides is 24. The Bertz CT molecular complexity index is 3830. The minimum Gasteiger partial charge on any atom is -0.281 e. The monoisotopic (exact) mass is 1290 g/mol. The van der Waals surface area contributed by atoms with Crippen LogP contribution in [0.15, 0.2) is 182 Å². The van der Waals surface area contributed by atoms with E-state index in [1.54, 1.807) is 11.3 Å². The third kappa shape index (κ3) is 13.4. The molecule has 0 bridgehead atoms.